The molecule has 1 aromatic heterocycles. The molecule has 0 radical (unpaired) electrons. The number of aromatic nitrogens is 1. The van der Waals surface area contributed by atoms with E-state index >= 15 is 0 Å². The molecule has 3 aromatic rings. The van der Waals surface area contributed by atoms with E-state index in [2.05, 4.69) is 16.4 Å². The van der Waals surface area contributed by atoms with Crippen LogP contribution in [-0.4, -0.2) is 29.8 Å². The van der Waals surface area contributed by atoms with E-state index in [1.165, 1.54) is 17.3 Å². The second kappa shape index (κ2) is 8.36. The van der Waals surface area contributed by atoms with Gasteiger partial charge < -0.3 is 10.1 Å². The zero-order valence-electron chi connectivity index (χ0n) is 14.2. The Morgan fingerprint density at radius 1 is 1.24 bits per heavy atom. The molecule has 0 spiro atoms. The Balaban J connectivity index is 1.48. The number of carbonyl (C=O) groups excluding carboxylic acids is 1. The standard InChI is InChI=1S/C19H20N2O2S2/c1-13(24-19-21-16-5-3-4-6-17(16)25-19)18(22)20-12-11-14-7-9-15(23-2)10-8-14/h3-10,13H,11-12H2,1-2H3,(H,20,22). The Bertz CT molecular complexity index is 813. The highest BCUT2D eigenvalue weighted by molar-refractivity contribution is 8.02. The maximum Gasteiger partial charge on any atom is 0.233 e. The lowest BCUT2D eigenvalue weighted by atomic mass is 10.1. The van der Waals surface area contributed by atoms with Gasteiger partial charge in [-0.25, -0.2) is 4.98 Å². The fourth-order valence-electron chi connectivity index (χ4n) is 2.37. The zero-order chi connectivity index (χ0) is 17.6. The maximum absolute atomic E-state index is 12.3. The first-order valence-corrected chi connectivity index (χ1v) is 9.78. The van der Waals surface area contributed by atoms with Crippen molar-refractivity contribution in [2.24, 2.45) is 0 Å². The molecule has 0 aliphatic rings. The predicted octanol–water partition coefficient (Wildman–Crippen LogP) is 4.14. The van der Waals surface area contributed by atoms with Crippen LogP contribution in [-0.2, 0) is 11.2 Å². The molecule has 25 heavy (non-hydrogen) atoms. The van der Waals surface area contributed by atoms with E-state index in [0.717, 1.165) is 26.7 Å². The highest BCUT2D eigenvalue weighted by atomic mass is 32.2. The molecule has 3 rings (SSSR count). The molecule has 1 heterocycles. The van der Waals surface area contributed by atoms with Gasteiger partial charge in [0, 0.05) is 6.54 Å². The molecule has 0 aliphatic carbocycles. The number of fused-ring (bicyclic) bond motifs is 1. The van der Waals surface area contributed by atoms with Gasteiger partial charge in [0.05, 0.1) is 22.6 Å². The number of carbonyl (C=O) groups is 1. The van der Waals surface area contributed by atoms with Crippen molar-refractivity contribution in [2.45, 2.75) is 22.9 Å². The number of thioether (sulfide) groups is 1. The SMILES string of the molecule is COc1ccc(CCNC(=O)C(C)Sc2nc3ccccc3s2)cc1. The Labute approximate surface area is 155 Å². The van der Waals surface area contributed by atoms with Crippen LogP contribution in [0.2, 0.25) is 0 Å². The van der Waals surface area contributed by atoms with Crippen molar-refractivity contribution < 1.29 is 9.53 Å². The molecule has 0 fully saturated rings. The van der Waals surface area contributed by atoms with E-state index < -0.39 is 0 Å². The van der Waals surface area contributed by atoms with Crippen LogP contribution in [0.3, 0.4) is 0 Å². The predicted molar refractivity (Wildman–Crippen MR) is 105 cm³/mol. The van der Waals surface area contributed by atoms with E-state index in [1.807, 2.05) is 49.4 Å². The van der Waals surface area contributed by atoms with Crippen molar-refractivity contribution in [3.8, 4) is 5.75 Å². The molecular weight excluding hydrogens is 352 g/mol. The van der Waals surface area contributed by atoms with Crippen molar-refractivity contribution >= 4 is 39.2 Å². The third-order valence-corrected chi connectivity index (χ3v) is 6.02. The smallest absolute Gasteiger partial charge is 0.233 e. The third-order valence-electron chi connectivity index (χ3n) is 3.79. The second-order valence-corrected chi connectivity index (χ2v) is 8.22. The van der Waals surface area contributed by atoms with Crippen molar-refractivity contribution in [3.63, 3.8) is 0 Å². The summed E-state index contributed by atoms with van der Waals surface area (Å²) < 4.78 is 7.22. The first kappa shape index (κ1) is 17.8. The number of nitrogens with zero attached hydrogens (tertiary/aromatic N) is 1. The van der Waals surface area contributed by atoms with Crippen LogP contribution in [0, 0.1) is 0 Å². The molecule has 130 valence electrons. The lowest BCUT2D eigenvalue weighted by molar-refractivity contribution is -0.120. The van der Waals surface area contributed by atoms with Gasteiger partial charge in [0.2, 0.25) is 5.91 Å². The van der Waals surface area contributed by atoms with E-state index in [9.17, 15) is 4.79 Å². The second-order valence-electron chi connectivity index (χ2n) is 5.60. The van der Waals surface area contributed by atoms with Gasteiger partial charge in [0.15, 0.2) is 4.34 Å². The summed E-state index contributed by atoms with van der Waals surface area (Å²) >= 11 is 3.13. The van der Waals surface area contributed by atoms with Crippen LogP contribution in [0.15, 0.2) is 52.9 Å². The quantitative estimate of drug-likeness (QED) is 0.633. The molecule has 2 aromatic carbocycles. The number of amides is 1. The number of rotatable bonds is 7. The first-order valence-electron chi connectivity index (χ1n) is 8.08. The van der Waals surface area contributed by atoms with E-state index in [-0.39, 0.29) is 11.2 Å². The van der Waals surface area contributed by atoms with Crippen LogP contribution < -0.4 is 10.1 Å². The van der Waals surface area contributed by atoms with E-state index in [1.54, 1.807) is 18.4 Å². The highest BCUT2D eigenvalue weighted by Gasteiger charge is 2.16. The Hall–Kier alpha value is -2.05. The number of benzene rings is 2. The van der Waals surface area contributed by atoms with Crippen molar-refractivity contribution in [1.82, 2.24) is 10.3 Å². The number of thiazole rings is 1. The monoisotopic (exact) mass is 372 g/mol. The molecule has 0 saturated carbocycles. The minimum Gasteiger partial charge on any atom is -0.497 e. The topological polar surface area (TPSA) is 51.2 Å². The molecule has 0 bridgehead atoms. The number of hydrogen-bond acceptors (Lipinski definition) is 5. The molecule has 1 N–H and O–H groups in total. The van der Waals surface area contributed by atoms with Gasteiger partial charge in [-0.05, 0) is 43.2 Å². The molecule has 6 heteroatoms. The van der Waals surface area contributed by atoms with Gasteiger partial charge in [-0.15, -0.1) is 11.3 Å². The fourth-order valence-corrected chi connectivity index (χ4v) is 4.61. The molecule has 1 amide bonds. The number of methoxy groups -OCH3 is 1. The van der Waals surface area contributed by atoms with Crippen LogP contribution in [0.4, 0.5) is 0 Å². The van der Waals surface area contributed by atoms with Crippen molar-refractivity contribution in [3.05, 3.63) is 54.1 Å². The largest absolute Gasteiger partial charge is 0.497 e. The van der Waals surface area contributed by atoms with E-state index in [4.69, 9.17) is 4.74 Å². The summed E-state index contributed by atoms with van der Waals surface area (Å²) in [6.45, 7) is 2.54. The van der Waals surface area contributed by atoms with Gasteiger partial charge in [0.1, 0.15) is 5.75 Å². The minimum absolute atomic E-state index is 0.0396. The average Bonchev–Trinajstić information content (AvgIpc) is 3.04. The van der Waals surface area contributed by atoms with Crippen LogP contribution in [0.5, 0.6) is 5.75 Å². The summed E-state index contributed by atoms with van der Waals surface area (Å²) in [5.74, 6) is 0.881. The number of para-hydroxylation sites is 1. The number of ether oxygens (including phenoxy) is 1. The Kier molecular flexibility index (Phi) is 5.94. The molecule has 1 atom stereocenters. The summed E-state index contributed by atoms with van der Waals surface area (Å²) in [5, 5.41) is 2.83. The van der Waals surface area contributed by atoms with Gasteiger partial charge >= 0.3 is 0 Å². The normalized spacial score (nSPS) is 12.1. The summed E-state index contributed by atoms with van der Waals surface area (Å²) in [7, 11) is 1.65. The summed E-state index contributed by atoms with van der Waals surface area (Å²) in [5.41, 5.74) is 2.16. The molecular formula is C19H20N2O2S2. The van der Waals surface area contributed by atoms with Gasteiger partial charge in [0.25, 0.3) is 0 Å². The summed E-state index contributed by atoms with van der Waals surface area (Å²) in [6.07, 6.45) is 0.800. The zero-order valence-corrected chi connectivity index (χ0v) is 15.8. The van der Waals surface area contributed by atoms with Crippen LogP contribution in [0.25, 0.3) is 10.2 Å². The minimum atomic E-state index is -0.170. The molecule has 0 aliphatic heterocycles. The average molecular weight is 373 g/mol. The van der Waals surface area contributed by atoms with Crippen LogP contribution >= 0.6 is 23.1 Å². The lowest BCUT2D eigenvalue weighted by Crippen LogP contribution is -2.32. The summed E-state index contributed by atoms with van der Waals surface area (Å²) in [4.78, 5) is 16.8. The van der Waals surface area contributed by atoms with Crippen molar-refractivity contribution in [1.29, 1.82) is 0 Å². The van der Waals surface area contributed by atoms with Gasteiger partial charge in [-0.1, -0.05) is 36.0 Å². The Morgan fingerprint density at radius 3 is 2.72 bits per heavy atom. The number of hydrogen-bond donors (Lipinski definition) is 1. The fraction of sp³-hybridized carbons (Fsp3) is 0.263. The van der Waals surface area contributed by atoms with Crippen LogP contribution in [0.1, 0.15) is 12.5 Å². The van der Waals surface area contributed by atoms with E-state index in [0.29, 0.717) is 6.54 Å². The third kappa shape index (κ3) is 4.74. The van der Waals surface area contributed by atoms with Crippen molar-refractivity contribution in [2.75, 3.05) is 13.7 Å². The molecule has 1 unspecified atom stereocenters. The van der Waals surface area contributed by atoms with Gasteiger partial charge in [-0.3, -0.25) is 4.79 Å². The Morgan fingerprint density at radius 2 is 2.00 bits per heavy atom. The summed E-state index contributed by atoms with van der Waals surface area (Å²) in [6, 6.07) is 15.9. The molecule has 0 saturated heterocycles. The maximum atomic E-state index is 12.3. The lowest BCUT2D eigenvalue weighted by Gasteiger charge is -2.10. The highest BCUT2D eigenvalue weighted by Crippen LogP contribution is 2.31. The number of nitrogens with one attached hydrogen (secondary N) is 1. The molecule has 4 nitrogen and oxygen atoms in total. The first-order chi connectivity index (χ1) is 12.2. The van der Waals surface area contributed by atoms with Gasteiger partial charge in [-0.2, -0.15) is 0 Å².